The number of hydrogen-bond donors (Lipinski definition) is 0. The average molecular weight is 409 g/mol. The molecule has 0 unspecified atom stereocenters. The third-order valence-electron chi connectivity index (χ3n) is 6.38. The van der Waals surface area contributed by atoms with Crippen molar-refractivity contribution < 1.29 is 4.74 Å². The summed E-state index contributed by atoms with van der Waals surface area (Å²) in [4.78, 5) is 4.06. The van der Waals surface area contributed by atoms with E-state index in [-0.39, 0.29) is 0 Å². The molecule has 0 saturated carbocycles. The van der Waals surface area contributed by atoms with Gasteiger partial charge < -0.3 is 14.2 Å². The molecule has 1 aromatic carbocycles. The van der Waals surface area contributed by atoms with Crippen LogP contribution < -0.4 is 4.74 Å². The summed E-state index contributed by atoms with van der Waals surface area (Å²) in [5.41, 5.74) is 2.69. The SMILES string of the molecule is COc1ccc(CCN2CCC(c3nnc4n3CCCc3sccc3-4)CC2)cc1. The summed E-state index contributed by atoms with van der Waals surface area (Å²) >= 11 is 1.86. The molecule has 0 atom stereocenters. The zero-order chi connectivity index (χ0) is 19.6. The highest BCUT2D eigenvalue weighted by molar-refractivity contribution is 7.10. The van der Waals surface area contributed by atoms with Crippen molar-refractivity contribution in [2.45, 2.75) is 44.6 Å². The maximum atomic E-state index is 5.25. The number of ether oxygens (including phenoxy) is 1. The monoisotopic (exact) mass is 408 g/mol. The lowest BCUT2D eigenvalue weighted by atomic mass is 9.95. The van der Waals surface area contributed by atoms with Gasteiger partial charge in [-0.2, -0.15) is 0 Å². The van der Waals surface area contributed by atoms with E-state index in [1.807, 2.05) is 11.3 Å². The second kappa shape index (κ2) is 8.28. The summed E-state index contributed by atoms with van der Waals surface area (Å²) in [5, 5.41) is 11.5. The molecule has 0 bridgehead atoms. The van der Waals surface area contributed by atoms with E-state index in [1.165, 1.54) is 47.5 Å². The minimum atomic E-state index is 0.536. The zero-order valence-corrected chi connectivity index (χ0v) is 17.8. The van der Waals surface area contributed by atoms with Gasteiger partial charge in [-0.25, -0.2) is 0 Å². The Kier molecular flexibility index (Phi) is 5.38. The number of aryl methyl sites for hydroxylation is 1. The summed E-state index contributed by atoms with van der Waals surface area (Å²) in [6.07, 6.45) is 5.80. The molecule has 0 N–H and O–H groups in total. The Labute approximate surface area is 176 Å². The van der Waals surface area contributed by atoms with Crippen LogP contribution in [0.25, 0.3) is 11.4 Å². The van der Waals surface area contributed by atoms with E-state index in [0.29, 0.717) is 5.92 Å². The Bertz CT molecular complexity index is 954. The number of likely N-dealkylation sites (tertiary alicyclic amines) is 1. The Morgan fingerprint density at radius 2 is 1.90 bits per heavy atom. The first-order valence-corrected chi connectivity index (χ1v) is 11.5. The second-order valence-corrected chi connectivity index (χ2v) is 9.11. The number of nitrogens with zero attached hydrogens (tertiary/aromatic N) is 4. The van der Waals surface area contributed by atoms with E-state index in [1.54, 1.807) is 7.11 Å². The highest BCUT2D eigenvalue weighted by Crippen LogP contribution is 2.35. The molecule has 2 aliphatic heterocycles. The fraction of sp³-hybridized carbons (Fsp3) is 0.478. The van der Waals surface area contributed by atoms with E-state index in [4.69, 9.17) is 4.74 Å². The van der Waals surface area contributed by atoms with Gasteiger partial charge in [0, 0.05) is 29.4 Å². The van der Waals surface area contributed by atoms with Crippen LogP contribution in [-0.4, -0.2) is 46.4 Å². The van der Waals surface area contributed by atoms with Gasteiger partial charge in [0.15, 0.2) is 5.82 Å². The summed E-state index contributed by atoms with van der Waals surface area (Å²) in [6.45, 7) is 4.46. The Hall–Kier alpha value is -2.18. The van der Waals surface area contributed by atoms with Gasteiger partial charge in [0.1, 0.15) is 11.6 Å². The average Bonchev–Trinajstić information content (AvgIpc) is 3.36. The highest BCUT2D eigenvalue weighted by atomic mass is 32.1. The minimum Gasteiger partial charge on any atom is -0.497 e. The van der Waals surface area contributed by atoms with Gasteiger partial charge in [-0.1, -0.05) is 12.1 Å². The van der Waals surface area contributed by atoms with Crippen molar-refractivity contribution in [1.29, 1.82) is 0 Å². The number of methoxy groups -OCH3 is 1. The molecule has 29 heavy (non-hydrogen) atoms. The lowest BCUT2D eigenvalue weighted by molar-refractivity contribution is 0.209. The van der Waals surface area contributed by atoms with Crippen LogP contribution >= 0.6 is 11.3 Å². The standard InChI is InChI=1S/C23H28N4OS/c1-28-19-6-4-17(5-7-19)8-13-26-14-9-18(10-15-26)22-24-25-23-20-11-16-29-21(20)3-2-12-27(22)23/h4-7,11,16,18H,2-3,8-10,12-15H2,1H3. The molecule has 2 aromatic heterocycles. The Balaban J connectivity index is 1.20. The van der Waals surface area contributed by atoms with Crippen LogP contribution in [0, 0.1) is 0 Å². The molecule has 5 rings (SSSR count). The molecule has 4 heterocycles. The van der Waals surface area contributed by atoms with Gasteiger partial charge in [0.05, 0.1) is 7.11 Å². The topological polar surface area (TPSA) is 43.2 Å². The molecule has 1 saturated heterocycles. The van der Waals surface area contributed by atoms with Crippen LogP contribution in [0.2, 0.25) is 0 Å². The molecule has 0 radical (unpaired) electrons. The summed E-state index contributed by atoms with van der Waals surface area (Å²) in [7, 11) is 1.71. The van der Waals surface area contributed by atoms with Crippen molar-refractivity contribution >= 4 is 11.3 Å². The molecule has 0 amide bonds. The van der Waals surface area contributed by atoms with E-state index in [2.05, 4.69) is 55.4 Å². The number of aromatic nitrogens is 3. The number of fused-ring (bicyclic) bond motifs is 3. The lowest BCUT2D eigenvalue weighted by Gasteiger charge is -2.31. The van der Waals surface area contributed by atoms with Gasteiger partial charge >= 0.3 is 0 Å². The zero-order valence-electron chi connectivity index (χ0n) is 17.0. The lowest BCUT2D eigenvalue weighted by Crippen LogP contribution is -2.35. The maximum Gasteiger partial charge on any atom is 0.165 e. The van der Waals surface area contributed by atoms with E-state index < -0.39 is 0 Å². The van der Waals surface area contributed by atoms with Crippen LogP contribution in [0.5, 0.6) is 5.75 Å². The molecule has 0 spiro atoms. The van der Waals surface area contributed by atoms with Gasteiger partial charge in [-0.05, 0) is 74.3 Å². The minimum absolute atomic E-state index is 0.536. The highest BCUT2D eigenvalue weighted by Gasteiger charge is 2.28. The van der Waals surface area contributed by atoms with Gasteiger partial charge in [-0.15, -0.1) is 21.5 Å². The predicted molar refractivity (Wildman–Crippen MR) is 117 cm³/mol. The van der Waals surface area contributed by atoms with Crippen LogP contribution in [0.1, 0.15) is 41.4 Å². The number of piperidine rings is 1. The second-order valence-electron chi connectivity index (χ2n) is 8.11. The van der Waals surface area contributed by atoms with Crippen molar-refractivity contribution in [3.05, 3.63) is 52.0 Å². The van der Waals surface area contributed by atoms with E-state index >= 15 is 0 Å². The van der Waals surface area contributed by atoms with E-state index in [0.717, 1.165) is 44.2 Å². The third-order valence-corrected chi connectivity index (χ3v) is 7.36. The van der Waals surface area contributed by atoms with Crippen molar-refractivity contribution in [2.24, 2.45) is 0 Å². The molecular weight excluding hydrogens is 380 g/mol. The van der Waals surface area contributed by atoms with Crippen LogP contribution in [0.4, 0.5) is 0 Å². The quantitative estimate of drug-likeness (QED) is 0.628. The summed E-state index contributed by atoms with van der Waals surface area (Å²) < 4.78 is 7.66. The number of thiophene rings is 1. The van der Waals surface area contributed by atoms with E-state index in [9.17, 15) is 0 Å². The maximum absolute atomic E-state index is 5.25. The molecule has 3 aromatic rings. The fourth-order valence-electron chi connectivity index (χ4n) is 4.66. The Morgan fingerprint density at radius 1 is 1.07 bits per heavy atom. The first kappa shape index (κ1) is 18.8. The fourth-order valence-corrected chi connectivity index (χ4v) is 5.58. The van der Waals surface area contributed by atoms with Crippen LogP contribution in [-0.2, 0) is 19.4 Å². The smallest absolute Gasteiger partial charge is 0.165 e. The first-order valence-electron chi connectivity index (χ1n) is 10.7. The summed E-state index contributed by atoms with van der Waals surface area (Å²) in [6, 6.07) is 10.7. The van der Waals surface area contributed by atoms with Crippen molar-refractivity contribution in [1.82, 2.24) is 19.7 Å². The first-order chi connectivity index (χ1) is 14.3. The van der Waals surface area contributed by atoms with Gasteiger partial charge in [0.25, 0.3) is 0 Å². The van der Waals surface area contributed by atoms with Crippen LogP contribution in [0.15, 0.2) is 35.7 Å². The largest absolute Gasteiger partial charge is 0.497 e. The van der Waals surface area contributed by atoms with Crippen molar-refractivity contribution in [3.8, 4) is 17.1 Å². The van der Waals surface area contributed by atoms with Gasteiger partial charge in [-0.3, -0.25) is 0 Å². The van der Waals surface area contributed by atoms with Gasteiger partial charge in [0.2, 0.25) is 0 Å². The van der Waals surface area contributed by atoms with Crippen LogP contribution in [0.3, 0.4) is 0 Å². The predicted octanol–water partition coefficient (Wildman–Crippen LogP) is 4.38. The number of hydrogen-bond acceptors (Lipinski definition) is 5. The molecule has 2 aliphatic rings. The Morgan fingerprint density at radius 3 is 2.69 bits per heavy atom. The van der Waals surface area contributed by atoms with Crippen molar-refractivity contribution in [3.63, 3.8) is 0 Å². The molecule has 152 valence electrons. The molecule has 6 heteroatoms. The molecule has 1 fully saturated rings. The molecular formula is C23H28N4OS. The number of benzene rings is 1. The summed E-state index contributed by atoms with van der Waals surface area (Å²) in [5.74, 6) is 3.77. The third kappa shape index (κ3) is 3.83. The molecule has 5 nitrogen and oxygen atoms in total. The number of rotatable bonds is 5. The molecule has 0 aliphatic carbocycles. The van der Waals surface area contributed by atoms with Crippen molar-refractivity contribution in [2.75, 3.05) is 26.7 Å². The normalized spacial score (nSPS) is 17.6.